The third-order valence-corrected chi connectivity index (χ3v) is 6.05. The number of carbonyl (C=O) groups is 1. The lowest BCUT2D eigenvalue weighted by atomic mass is 9.99. The molecule has 1 amide bonds. The molecule has 0 atom stereocenters. The van der Waals surface area contributed by atoms with E-state index in [-0.39, 0.29) is 16.6 Å². The van der Waals surface area contributed by atoms with E-state index in [2.05, 4.69) is 16.9 Å². The van der Waals surface area contributed by atoms with Gasteiger partial charge in [-0.25, -0.2) is 13.1 Å². The van der Waals surface area contributed by atoms with Crippen LogP contribution in [0.25, 0.3) is 5.57 Å². The van der Waals surface area contributed by atoms with Gasteiger partial charge in [0.25, 0.3) is 5.91 Å². The molecular formula is C20H22N2O4S. The van der Waals surface area contributed by atoms with Crippen LogP contribution in [0.3, 0.4) is 0 Å². The zero-order valence-electron chi connectivity index (χ0n) is 15.3. The Morgan fingerprint density at radius 2 is 1.89 bits per heavy atom. The van der Waals surface area contributed by atoms with Gasteiger partial charge in [-0.2, -0.15) is 0 Å². The fraction of sp³-hybridized carbons (Fsp3) is 0.250. The zero-order chi connectivity index (χ0) is 19.4. The highest BCUT2D eigenvalue weighted by Crippen LogP contribution is 2.27. The number of nitrogens with zero attached hydrogens (tertiary/aromatic N) is 1. The normalized spacial score (nSPS) is 14.6. The standard InChI is InChI=1S/C20H22N2O4S/c1-21-27(24,25)19-14-17(8-9-18(19)26-2)20(23)22-12-10-16(11-13-22)15-6-4-3-5-7-15/h3-10,14,21H,11-13H2,1-2H3. The first-order valence-corrected chi connectivity index (χ1v) is 10.1. The third-order valence-electron chi connectivity index (χ3n) is 4.61. The van der Waals surface area contributed by atoms with Crippen LogP contribution >= 0.6 is 0 Å². The molecule has 0 unspecified atom stereocenters. The molecule has 0 aromatic heterocycles. The Morgan fingerprint density at radius 3 is 2.48 bits per heavy atom. The Balaban J connectivity index is 1.83. The number of hydrogen-bond acceptors (Lipinski definition) is 4. The van der Waals surface area contributed by atoms with E-state index in [1.54, 1.807) is 11.0 Å². The average molecular weight is 386 g/mol. The van der Waals surface area contributed by atoms with E-state index in [9.17, 15) is 13.2 Å². The molecule has 0 radical (unpaired) electrons. The van der Waals surface area contributed by atoms with Gasteiger partial charge in [-0.05, 0) is 42.8 Å². The number of amides is 1. The van der Waals surface area contributed by atoms with Gasteiger partial charge in [-0.1, -0.05) is 36.4 Å². The fourth-order valence-electron chi connectivity index (χ4n) is 3.08. The van der Waals surface area contributed by atoms with Crippen molar-refractivity contribution in [2.24, 2.45) is 0 Å². The molecular weight excluding hydrogens is 364 g/mol. The van der Waals surface area contributed by atoms with Gasteiger partial charge in [-0.15, -0.1) is 0 Å². The lowest BCUT2D eigenvalue weighted by Gasteiger charge is -2.27. The minimum Gasteiger partial charge on any atom is -0.495 e. The minimum absolute atomic E-state index is 0.0455. The predicted molar refractivity (Wildman–Crippen MR) is 104 cm³/mol. The van der Waals surface area contributed by atoms with Crippen molar-refractivity contribution in [1.29, 1.82) is 0 Å². The molecule has 0 saturated carbocycles. The maximum Gasteiger partial charge on any atom is 0.254 e. The smallest absolute Gasteiger partial charge is 0.254 e. The molecule has 1 heterocycles. The maximum atomic E-state index is 12.9. The summed E-state index contributed by atoms with van der Waals surface area (Å²) in [7, 11) is -1.01. The third kappa shape index (κ3) is 4.04. The molecule has 1 aliphatic heterocycles. The summed E-state index contributed by atoms with van der Waals surface area (Å²) in [5, 5.41) is 0. The molecule has 0 aliphatic carbocycles. The van der Waals surface area contributed by atoms with E-state index in [1.165, 1.54) is 31.9 Å². The van der Waals surface area contributed by atoms with Crippen LogP contribution in [0.2, 0.25) is 0 Å². The van der Waals surface area contributed by atoms with Crippen LogP contribution in [0.15, 0.2) is 59.5 Å². The van der Waals surface area contributed by atoms with E-state index < -0.39 is 10.0 Å². The lowest BCUT2D eigenvalue weighted by Crippen LogP contribution is -2.34. The average Bonchev–Trinajstić information content (AvgIpc) is 2.73. The highest BCUT2D eigenvalue weighted by atomic mass is 32.2. The van der Waals surface area contributed by atoms with Crippen molar-refractivity contribution >= 4 is 21.5 Å². The van der Waals surface area contributed by atoms with Crippen molar-refractivity contribution in [2.75, 3.05) is 27.2 Å². The molecule has 0 saturated heterocycles. The topological polar surface area (TPSA) is 75.7 Å². The van der Waals surface area contributed by atoms with Crippen LogP contribution in [-0.2, 0) is 10.0 Å². The Hall–Kier alpha value is -2.64. The summed E-state index contributed by atoms with van der Waals surface area (Å²) in [5.74, 6) is -0.000582. The quantitative estimate of drug-likeness (QED) is 0.857. The van der Waals surface area contributed by atoms with Crippen molar-refractivity contribution in [3.63, 3.8) is 0 Å². The summed E-state index contributed by atoms with van der Waals surface area (Å²) in [6.45, 7) is 1.07. The summed E-state index contributed by atoms with van der Waals surface area (Å²) >= 11 is 0. The molecule has 6 nitrogen and oxygen atoms in total. The number of carbonyl (C=O) groups excluding carboxylic acids is 1. The van der Waals surface area contributed by atoms with Gasteiger partial charge < -0.3 is 9.64 Å². The van der Waals surface area contributed by atoms with Crippen LogP contribution in [-0.4, -0.2) is 46.5 Å². The largest absolute Gasteiger partial charge is 0.495 e. The van der Waals surface area contributed by atoms with E-state index in [4.69, 9.17) is 4.74 Å². The zero-order valence-corrected chi connectivity index (χ0v) is 16.1. The van der Waals surface area contributed by atoms with Gasteiger partial charge in [0.1, 0.15) is 10.6 Å². The first-order valence-electron chi connectivity index (χ1n) is 8.61. The minimum atomic E-state index is -3.73. The number of benzene rings is 2. The molecule has 2 aromatic rings. The number of rotatable bonds is 5. The van der Waals surface area contributed by atoms with Crippen LogP contribution in [0, 0.1) is 0 Å². The molecule has 0 spiro atoms. The number of nitrogens with one attached hydrogen (secondary N) is 1. The second-order valence-electron chi connectivity index (χ2n) is 6.17. The fourth-order valence-corrected chi connectivity index (χ4v) is 4.00. The van der Waals surface area contributed by atoms with Crippen LogP contribution in [0.4, 0.5) is 0 Å². The van der Waals surface area contributed by atoms with E-state index >= 15 is 0 Å². The first-order chi connectivity index (χ1) is 13.0. The van der Waals surface area contributed by atoms with Crippen LogP contribution in [0.5, 0.6) is 5.75 Å². The Bertz CT molecular complexity index is 969. The van der Waals surface area contributed by atoms with Gasteiger partial charge in [0.15, 0.2) is 0 Å². The van der Waals surface area contributed by atoms with Crippen molar-refractivity contribution in [3.05, 3.63) is 65.7 Å². The highest BCUT2D eigenvalue weighted by Gasteiger charge is 2.23. The Labute approximate surface area is 159 Å². The second kappa shape index (κ2) is 7.94. The monoisotopic (exact) mass is 386 g/mol. The first kappa shape index (κ1) is 19.1. The van der Waals surface area contributed by atoms with Gasteiger partial charge in [0, 0.05) is 18.7 Å². The van der Waals surface area contributed by atoms with Crippen molar-refractivity contribution in [3.8, 4) is 5.75 Å². The van der Waals surface area contributed by atoms with E-state index in [0.717, 1.165) is 12.0 Å². The number of hydrogen-bond donors (Lipinski definition) is 1. The van der Waals surface area contributed by atoms with E-state index in [1.807, 2.05) is 24.3 Å². The van der Waals surface area contributed by atoms with Crippen LogP contribution in [0.1, 0.15) is 22.3 Å². The molecule has 0 fully saturated rings. The summed E-state index contributed by atoms with van der Waals surface area (Å²) in [6, 6.07) is 14.5. The Morgan fingerprint density at radius 1 is 1.15 bits per heavy atom. The molecule has 1 N–H and O–H groups in total. The lowest BCUT2D eigenvalue weighted by molar-refractivity contribution is 0.0772. The molecule has 1 aliphatic rings. The second-order valence-corrected chi connectivity index (χ2v) is 8.02. The van der Waals surface area contributed by atoms with Crippen molar-refractivity contribution in [1.82, 2.24) is 9.62 Å². The maximum absolute atomic E-state index is 12.9. The van der Waals surface area contributed by atoms with Crippen molar-refractivity contribution < 1.29 is 17.9 Å². The van der Waals surface area contributed by atoms with Gasteiger partial charge >= 0.3 is 0 Å². The molecule has 3 rings (SSSR count). The molecule has 2 aromatic carbocycles. The van der Waals surface area contributed by atoms with Gasteiger partial charge in [0.2, 0.25) is 10.0 Å². The number of sulfonamides is 1. The van der Waals surface area contributed by atoms with Gasteiger partial charge in [-0.3, -0.25) is 4.79 Å². The molecule has 142 valence electrons. The Kier molecular flexibility index (Phi) is 5.62. The molecule has 7 heteroatoms. The predicted octanol–water partition coefficient (Wildman–Crippen LogP) is 2.53. The van der Waals surface area contributed by atoms with Crippen molar-refractivity contribution in [2.45, 2.75) is 11.3 Å². The summed E-state index contributed by atoms with van der Waals surface area (Å²) in [6.07, 6.45) is 2.80. The summed E-state index contributed by atoms with van der Waals surface area (Å²) in [4.78, 5) is 14.5. The number of ether oxygens (including phenoxy) is 1. The van der Waals surface area contributed by atoms with Gasteiger partial charge in [0.05, 0.1) is 7.11 Å². The number of methoxy groups -OCH3 is 1. The SMILES string of the molecule is CNS(=O)(=O)c1cc(C(=O)N2CC=C(c3ccccc3)CC2)ccc1OC. The summed E-state index contributed by atoms with van der Waals surface area (Å²) in [5.41, 5.74) is 2.70. The molecule has 27 heavy (non-hydrogen) atoms. The van der Waals surface area contributed by atoms with Crippen LogP contribution < -0.4 is 9.46 Å². The highest BCUT2D eigenvalue weighted by molar-refractivity contribution is 7.89. The molecule has 0 bridgehead atoms. The van der Waals surface area contributed by atoms with E-state index in [0.29, 0.717) is 18.7 Å². The summed E-state index contributed by atoms with van der Waals surface area (Å²) < 4.78 is 31.8.